The summed E-state index contributed by atoms with van der Waals surface area (Å²) in [7, 11) is 1.54. The average molecular weight is 441 g/mol. The summed E-state index contributed by atoms with van der Waals surface area (Å²) < 4.78 is 16.8. The molecule has 0 spiro atoms. The van der Waals surface area contributed by atoms with Gasteiger partial charge in [-0.05, 0) is 54.7 Å². The van der Waals surface area contributed by atoms with E-state index >= 15 is 0 Å². The quantitative estimate of drug-likeness (QED) is 0.439. The summed E-state index contributed by atoms with van der Waals surface area (Å²) in [6.07, 6.45) is 1.60. The molecule has 0 unspecified atom stereocenters. The summed E-state index contributed by atoms with van der Waals surface area (Å²) >= 11 is 11.3. The molecule has 2 heterocycles. The number of anilines is 1. The van der Waals surface area contributed by atoms with Gasteiger partial charge in [0.05, 0.1) is 12.8 Å². The molecule has 0 radical (unpaired) electrons. The van der Waals surface area contributed by atoms with Gasteiger partial charge in [-0.2, -0.15) is 0 Å². The Morgan fingerprint density at radius 2 is 2.00 bits per heavy atom. The molecule has 1 aliphatic rings. The Morgan fingerprint density at radius 3 is 2.80 bits per heavy atom. The summed E-state index contributed by atoms with van der Waals surface area (Å²) in [4.78, 5) is 14.3. The van der Waals surface area contributed by atoms with Gasteiger partial charge in [-0.15, -0.1) is 0 Å². The maximum Gasteiger partial charge on any atom is 0.281 e. The van der Waals surface area contributed by atoms with Crippen molar-refractivity contribution in [3.8, 4) is 11.5 Å². The van der Waals surface area contributed by atoms with Crippen molar-refractivity contribution in [2.24, 2.45) is 0 Å². The molecule has 1 fully saturated rings. The second kappa shape index (κ2) is 8.61. The molecule has 1 saturated heterocycles. The van der Waals surface area contributed by atoms with Crippen LogP contribution in [0.5, 0.6) is 11.5 Å². The summed E-state index contributed by atoms with van der Waals surface area (Å²) in [5.74, 6) is 2.01. The van der Waals surface area contributed by atoms with Crippen molar-refractivity contribution in [2.75, 3.05) is 12.0 Å². The minimum Gasteiger partial charge on any atom is -0.495 e. The van der Waals surface area contributed by atoms with Gasteiger partial charge < -0.3 is 19.2 Å². The number of nitrogens with one attached hydrogen (secondary N) is 1. The van der Waals surface area contributed by atoms with Crippen LogP contribution in [0.2, 0.25) is 5.02 Å². The number of hydrogen-bond donors (Lipinski definition) is 1. The van der Waals surface area contributed by atoms with E-state index < -0.39 is 0 Å². The smallest absolute Gasteiger partial charge is 0.281 e. The number of halogens is 1. The fourth-order valence-electron chi connectivity index (χ4n) is 2.97. The number of methoxy groups -OCH3 is 1. The molecule has 1 aromatic heterocycles. The van der Waals surface area contributed by atoms with E-state index in [4.69, 9.17) is 37.7 Å². The Morgan fingerprint density at radius 1 is 1.17 bits per heavy atom. The van der Waals surface area contributed by atoms with Gasteiger partial charge in [0.2, 0.25) is 0 Å². The predicted octanol–water partition coefficient (Wildman–Crippen LogP) is 4.78. The monoisotopic (exact) mass is 440 g/mol. The molecule has 6 nitrogen and oxygen atoms in total. The number of carbonyl (C=O) groups is 1. The Kier molecular flexibility index (Phi) is 5.74. The normalized spacial score (nSPS) is 14.9. The highest BCUT2D eigenvalue weighted by atomic mass is 35.5. The maximum absolute atomic E-state index is 12.9. The summed E-state index contributed by atoms with van der Waals surface area (Å²) in [6.45, 7) is 0.233. The van der Waals surface area contributed by atoms with E-state index in [9.17, 15) is 4.79 Å². The lowest BCUT2D eigenvalue weighted by atomic mass is 10.2. The second-order valence-electron chi connectivity index (χ2n) is 6.35. The summed E-state index contributed by atoms with van der Waals surface area (Å²) in [5.41, 5.74) is 0.878. The fraction of sp³-hybridized carbons (Fsp3) is 0.0909. The van der Waals surface area contributed by atoms with E-state index in [0.717, 1.165) is 0 Å². The molecule has 4 rings (SSSR count). The first-order chi connectivity index (χ1) is 14.5. The lowest BCUT2D eigenvalue weighted by molar-refractivity contribution is -0.113. The van der Waals surface area contributed by atoms with Gasteiger partial charge in [-0.25, -0.2) is 4.90 Å². The Hall–Kier alpha value is -3.29. The van der Waals surface area contributed by atoms with E-state index in [0.29, 0.717) is 39.4 Å². The van der Waals surface area contributed by atoms with E-state index in [1.54, 1.807) is 49.6 Å². The molecule has 152 valence electrons. The fourth-order valence-corrected chi connectivity index (χ4v) is 3.44. The molecule has 0 bridgehead atoms. The highest BCUT2D eigenvalue weighted by Gasteiger charge is 2.33. The van der Waals surface area contributed by atoms with Crippen molar-refractivity contribution >= 4 is 46.6 Å². The van der Waals surface area contributed by atoms with E-state index in [1.165, 1.54) is 4.90 Å². The number of benzene rings is 2. The van der Waals surface area contributed by atoms with Gasteiger partial charge in [0.1, 0.15) is 35.3 Å². The van der Waals surface area contributed by atoms with Crippen LogP contribution < -0.4 is 19.7 Å². The van der Waals surface area contributed by atoms with Crippen LogP contribution in [0.4, 0.5) is 5.69 Å². The highest BCUT2D eigenvalue weighted by Crippen LogP contribution is 2.31. The minimum atomic E-state index is -0.294. The van der Waals surface area contributed by atoms with Crippen LogP contribution in [-0.2, 0) is 11.4 Å². The van der Waals surface area contributed by atoms with Crippen molar-refractivity contribution in [3.63, 3.8) is 0 Å². The van der Waals surface area contributed by atoms with Gasteiger partial charge in [0.15, 0.2) is 5.11 Å². The third-order valence-electron chi connectivity index (χ3n) is 4.35. The van der Waals surface area contributed by atoms with Gasteiger partial charge in [-0.1, -0.05) is 29.8 Å². The van der Waals surface area contributed by atoms with Gasteiger partial charge in [-0.3, -0.25) is 4.79 Å². The van der Waals surface area contributed by atoms with Crippen LogP contribution in [-0.4, -0.2) is 18.1 Å². The lowest BCUT2D eigenvalue weighted by Gasteiger charge is -2.17. The van der Waals surface area contributed by atoms with Gasteiger partial charge >= 0.3 is 0 Å². The van der Waals surface area contributed by atoms with Crippen LogP contribution in [0.3, 0.4) is 0 Å². The second-order valence-corrected chi connectivity index (χ2v) is 7.17. The molecule has 30 heavy (non-hydrogen) atoms. The number of ether oxygens (including phenoxy) is 2. The number of rotatable bonds is 6. The van der Waals surface area contributed by atoms with Crippen molar-refractivity contribution in [1.29, 1.82) is 0 Å². The van der Waals surface area contributed by atoms with Crippen molar-refractivity contribution < 1.29 is 18.7 Å². The number of carbonyl (C=O) groups excluding carboxylic acids is 1. The van der Waals surface area contributed by atoms with E-state index in [1.807, 2.05) is 24.3 Å². The molecular weight excluding hydrogens is 424 g/mol. The van der Waals surface area contributed by atoms with E-state index in [-0.39, 0.29) is 17.6 Å². The van der Waals surface area contributed by atoms with Crippen LogP contribution in [0, 0.1) is 0 Å². The third-order valence-corrected chi connectivity index (χ3v) is 4.87. The Bertz CT molecular complexity index is 1140. The van der Waals surface area contributed by atoms with Crippen LogP contribution in [0.25, 0.3) is 6.08 Å². The van der Waals surface area contributed by atoms with Crippen LogP contribution in [0.15, 0.2) is 70.8 Å². The number of para-hydroxylation sites is 2. The Labute approximate surface area is 183 Å². The zero-order valence-electron chi connectivity index (χ0n) is 15.9. The van der Waals surface area contributed by atoms with Crippen LogP contribution >= 0.6 is 23.8 Å². The zero-order valence-corrected chi connectivity index (χ0v) is 17.5. The molecule has 0 saturated carbocycles. The van der Waals surface area contributed by atoms with Crippen molar-refractivity contribution in [2.45, 2.75) is 6.61 Å². The van der Waals surface area contributed by atoms with Crippen molar-refractivity contribution in [3.05, 3.63) is 82.9 Å². The molecule has 8 heteroatoms. The maximum atomic E-state index is 12.9. The molecule has 0 atom stereocenters. The molecule has 3 aromatic rings. The first kappa shape index (κ1) is 20.0. The highest BCUT2D eigenvalue weighted by molar-refractivity contribution is 7.80. The first-order valence-electron chi connectivity index (χ1n) is 9.02. The molecule has 1 aliphatic heterocycles. The number of amides is 1. The number of furan rings is 1. The zero-order chi connectivity index (χ0) is 21.1. The topological polar surface area (TPSA) is 63.9 Å². The van der Waals surface area contributed by atoms with Gasteiger partial charge in [0, 0.05) is 11.1 Å². The standard InChI is InChI=1S/C22H17ClN2O4S/c1-27-20-8-3-2-7-19(20)25-21(26)18(24-22(25)30)12-16-9-10-17(29-16)13-28-15-6-4-5-14(23)11-15/h2-12H,13H2,1H3,(H,24,30)/b18-12+. The summed E-state index contributed by atoms with van der Waals surface area (Å²) in [5, 5.41) is 3.80. The average Bonchev–Trinajstić information content (AvgIpc) is 3.30. The number of thiocarbonyl (C=S) groups is 1. The molecule has 2 aromatic carbocycles. The molecule has 1 N–H and O–H groups in total. The lowest BCUT2D eigenvalue weighted by Crippen LogP contribution is -2.30. The van der Waals surface area contributed by atoms with E-state index in [2.05, 4.69) is 5.32 Å². The summed E-state index contributed by atoms with van der Waals surface area (Å²) in [6, 6.07) is 17.8. The molecule has 0 aliphatic carbocycles. The largest absolute Gasteiger partial charge is 0.495 e. The van der Waals surface area contributed by atoms with Gasteiger partial charge in [0.25, 0.3) is 5.91 Å². The molecular formula is C22H17ClN2O4S. The van der Waals surface area contributed by atoms with Crippen LogP contribution in [0.1, 0.15) is 11.5 Å². The minimum absolute atomic E-state index is 0.233. The third kappa shape index (κ3) is 4.17. The SMILES string of the molecule is COc1ccccc1N1C(=O)/C(=C\c2ccc(COc3cccc(Cl)c3)o2)NC1=S. The van der Waals surface area contributed by atoms with Crippen molar-refractivity contribution in [1.82, 2.24) is 5.32 Å². The number of nitrogens with zero attached hydrogens (tertiary/aromatic N) is 1. The Balaban J connectivity index is 1.49. The number of hydrogen-bond acceptors (Lipinski definition) is 5. The first-order valence-corrected chi connectivity index (χ1v) is 9.81. The molecule has 1 amide bonds. The predicted molar refractivity (Wildman–Crippen MR) is 119 cm³/mol.